The zero-order valence-electron chi connectivity index (χ0n) is 13.5. The third kappa shape index (κ3) is 2.77. The van der Waals surface area contributed by atoms with Gasteiger partial charge in [-0.15, -0.1) is 0 Å². The average molecular weight is 331 g/mol. The molecule has 2 heterocycles. The lowest BCUT2D eigenvalue weighted by Crippen LogP contribution is -2.41. The van der Waals surface area contributed by atoms with Crippen LogP contribution in [-0.2, 0) is 9.53 Å². The van der Waals surface area contributed by atoms with Crippen molar-refractivity contribution in [3.8, 4) is 5.69 Å². The molecular formula is C17H18FN3O3. The summed E-state index contributed by atoms with van der Waals surface area (Å²) in [5.74, 6) is -0.976. The lowest BCUT2D eigenvalue weighted by atomic mass is 10.2. The predicted octanol–water partition coefficient (Wildman–Crippen LogP) is 2.10. The molecule has 0 saturated carbocycles. The number of methoxy groups -OCH3 is 1. The monoisotopic (exact) mass is 331 g/mol. The van der Waals surface area contributed by atoms with E-state index in [1.54, 1.807) is 23.7 Å². The van der Waals surface area contributed by atoms with Crippen LogP contribution in [0.4, 0.5) is 4.39 Å². The SMILES string of the molecule is COC(=O)[C@H]1CCCN1C(=O)c1cnn(-c2ccc(F)cc2)c1C. The molecule has 1 amide bonds. The average Bonchev–Trinajstić information content (AvgIpc) is 3.21. The minimum atomic E-state index is -0.545. The Morgan fingerprint density at radius 1 is 1.29 bits per heavy atom. The van der Waals surface area contributed by atoms with Crippen LogP contribution in [0.3, 0.4) is 0 Å². The predicted molar refractivity (Wildman–Crippen MR) is 84.3 cm³/mol. The first-order chi connectivity index (χ1) is 11.5. The first kappa shape index (κ1) is 16.2. The number of benzene rings is 1. The quantitative estimate of drug-likeness (QED) is 0.808. The number of aromatic nitrogens is 2. The van der Waals surface area contributed by atoms with E-state index in [1.807, 2.05) is 0 Å². The summed E-state index contributed by atoms with van der Waals surface area (Å²) in [6, 6.07) is 5.32. The van der Waals surface area contributed by atoms with E-state index in [4.69, 9.17) is 4.74 Å². The third-order valence-electron chi connectivity index (χ3n) is 4.30. The molecular weight excluding hydrogens is 313 g/mol. The van der Waals surface area contributed by atoms with Crippen molar-refractivity contribution in [3.63, 3.8) is 0 Å². The molecule has 0 N–H and O–H groups in total. The summed E-state index contributed by atoms with van der Waals surface area (Å²) in [6.07, 6.45) is 2.84. The first-order valence-electron chi connectivity index (χ1n) is 7.72. The second-order valence-electron chi connectivity index (χ2n) is 5.71. The van der Waals surface area contributed by atoms with Crippen LogP contribution in [-0.4, -0.2) is 46.3 Å². The Hall–Kier alpha value is -2.70. The summed E-state index contributed by atoms with van der Waals surface area (Å²) in [4.78, 5) is 26.2. The number of rotatable bonds is 3. The lowest BCUT2D eigenvalue weighted by molar-refractivity contribution is -0.145. The van der Waals surface area contributed by atoms with Crippen LogP contribution in [0.2, 0.25) is 0 Å². The molecule has 0 unspecified atom stereocenters. The van der Waals surface area contributed by atoms with Crippen molar-refractivity contribution in [2.75, 3.05) is 13.7 Å². The molecule has 6 nitrogen and oxygen atoms in total. The highest BCUT2D eigenvalue weighted by Crippen LogP contribution is 2.23. The largest absolute Gasteiger partial charge is 0.467 e. The van der Waals surface area contributed by atoms with Crippen LogP contribution in [0.1, 0.15) is 28.9 Å². The molecule has 2 aromatic rings. The standard InChI is InChI=1S/C17H18FN3O3/c1-11-14(10-19-21(11)13-7-5-12(18)6-8-13)16(22)20-9-3-4-15(20)17(23)24-2/h5-8,10,15H,3-4,9H2,1-2H3/t15-/m1/s1. The van der Waals surface area contributed by atoms with Crippen molar-refractivity contribution in [1.82, 2.24) is 14.7 Å². The Labute approximate surface area is 138 Å². The van der Waals surface area contributed by atoms with Gasteiger partial charge in [-0.25, -0.2) is 13.9 Å². The van der Waals surface area contributed by atoms with Crippen molar-refractivity contribution < 1.29 is 18.7 Å². The second kappa shape index (κ2) is 6.43. The fraction of sp³-hybridized carbons (Fsp3) is 0.353. The third-order valence-corrected chi connectivity index (χ3v) is 4.30. The van der Waals surface area contributed by atoms with E-state index >= 15 is 0 Å². The second-order valence-corrected chi connectivity index (χ2v) is 5.71. The minimum absolute atomic E-state index is 0.242. The molecule has 0 radical (unpaired) electrons. The molecule has 1 saturated heterocycles. The topological polar surface area (TPSA) is 64.4 Å². The van der Waals surface area contributed by atoms with Gasteiger partial charge in [0.1, 0.15) is 11.9 Å². The van der Waals surface area contributed by atoms with Gasteiger partial charge in [0.2, 0.25) is 0 Å². The van der Waals surface area contributed by atoms with E-state index in [-0.39, 0.29) is 11.7 Å². The smallest absolute Gasteiger partial charge is 0.328 e. The zero-order chi connectivity index (χ0) is 17.3. The number of carbonyl (C=O) groups is 2. The maximum Gasteiger partial charge on any atom is 0.328 e. The fourth-order valence-corrected chi connectivity index (χ4v) is 3.01. The number of esters is 1. The number of amides is 1. The summed E-state index contributed by atoms with van der Waals surface area (Å²) in [5.41, 5.74) is 1.73. The van der Waals surface area contributed by atoms with Crippen molar-refractivity contribution in [2.45, 2.75) is 25.8 Å². The van der Waals surface area contributed by atoms with Gasteiger partial charge in [-0.05, 0) is 44.0 Å². The highest BCUT2D eigenvalue weighted by Gasteiger charge is 2.36. The molecule has 3 rings (SSSR count). The summed E-state index contributed by atoms with van der Waals surface area (Å²) >= 11 is 0. The number of carbonyl (C=O) groups excluding carboxylic acids is 2. The molecule has 1 fully saturated rings. The number of ether oxygens (including phenoxy) is 1. The summed E-state index contributed by atoms with van der Waals surface area (Å²) in [7, 11) is 1.32. The highest BCUT2D eigenvalue weighted by atomic mass is 19.1. The zero-order valence-corrected chi connectivity index (χ0v) is 13.5. The molecule has 7 heteroatoms. The summed E-state index contributed by atoms with van der Waals surface area (Å²) in [5, 5.41) is 4.23. The number of halogens is 1. The Kier molecular flexibility index (Phi) is 4.33. The molecule has 0 bridgehead atoms. The molecule has 0 spiro atoms. The van der Waals surface area contributed by atoms with Gasteiger partial charge in [0.05, 0.1) is 30.3 Å². The first-order valence-corrected chi connectivity index (χ1v) is 7.72. The van der Waals surface area contributed by atoms with E-state index < -0.39 is 12.0 Å². The van der Waals surface area contributed by atoms with Gasteiger partial charge in [-0.3, -0.25) is 4.79 Å². The molecule has 1 aromatic carbocycles. The van der Waals surface area contributed by atoms with Crippen molar-refractivity contribution >= 4 is 11.9 Å². The summed E-state index contributed by atoms with van der Waals surface area (Å²) < 4.78 is 19.4. The number of hydrogen-bond acceptors (Lipinski definition) is 4. The van der Waals surface area contributed by atoms with Crippen LogP contribution in [0, 0.1) is 12.7 Å². The van der Waals surface area contributed by atoms with Crippen LogP contribution >= 0.6 is 0 Å². The van der Waals surface area contributed by atoms with Gasteiger partial charge in [0.25, 0.3) is 5.91 Å². The van der Waals surface area contributed by atoms with Crippen LogP contribution in [0.5, 0.6) is 0 Å². The van der Waals surface area contributed by atoms with Gasteiger partial charge < -0.3 is 9.64 Å². The van der Waals surface area contributed by atoms with E-state index in [0.29, 0.717) is 29.9 Å². The molecule has 1 aliphatic heterocycles. The van der Waals surface area contributed by atoms with Crippen LogP contribution < -0.4 is 0 Å². The van der Waals surface area contributed by atoms with Gasteiger partial charge in [0.15, 0.2) is 0 Å². The highest BCUT2D eigenvalue weighted by molar-refractivity contribution is 5.98. The number of likely N-dealkylation sites (tertiary alicyclic amines) is 1. The lowest BCUT2D eigenvalue weighted by Gasteiger charge is -2.22. The fourth-order valence-electron chi connectivity index (χ4n) is 3.01. The molecule has 1 atom stereocenters. The minimum Gasteiger partial charge on any atom is -0.467 e. The Morgan fingerprint density at radius 3 is 2.67 bits per heavy atom. The van der Waals surface area contributed by atoms with Gasteiger partial charge >= 0.3 is 5.97 Å². The Balaban J connectivity index is 1.89. The maximum atomic E-state index is 13.1. The molecule has 126 valence electrons. The van der Waals surface area contributed by atoms with Crippen LogP contribution in [0.15, 0.2) is 30.5 Å². The van der Waals surface area contributed by atoms with Gasteiger partial charge in [-0.2, -0.15) is 5.10 Å². The number of nitrogens with zero attached hydrogens (tertiary/aromatic N) is 3. The van der Waals surface area contributed by atoms with Crippen molar-refractivity contribution in [3.05, 3.63) is 47.5 Å². The molecule has 24 heavy (non-hydrogen) atoms. The molecule has 1 aliphatic rings. The van der Waals surface area contributed by atoms with E-state index in [1.165, 1.54) is 30.3 Å². The van der Waals surface area contributed by atoms with E-state index in [9.17, 15) is 14.0 Å². The summed E-state index contributed by atoms with van der Waals surface area (Å²) in [6.45, 7) is 2.28. The van der Waals surface area contributed by atoms with Crippen molar-refractivity contribution in [2.24, 2.45) is 0 Å². The van der Waals surface area contributed by atoms with Crippen LogP contribution in [0.25, 0.3) is 5.69 Å². The number of hydrogen-bond donors (Lipinski definition) is 0. The Morgan fingerprint density at radius 2 is 2.00 bits per heavy atom. The Bertz CT molecular complexity index is 770. The van der Waals surface area contributed by atoms with E-state index in [2.05, 4.69) is 5.10 Å². The molecule has 0 aliphatic carbocycles. The maximum absolute atomic E-state index is 13.1. The van der Waals surface area contributed by atoms with Gasteiger partial charge in [-0.1, -0.05) is 0 Å². The molecule has 1 aromatic heterocycles. The normalized spacial score (nSPS) is 17.1. The van der Waals surface area contributed by atoms with E-state index in [0.717, 1.165) is 6.42 Å². The van der Waals surface area contributed by atoms with Gasteiger partial charge in [0, 0.05) is 6.54 Å². The van der Waals surface area contributed by atoms with Crippen molar-refractivity contribution in [1.29, 1.82) is 0 Å².